The quantitative estimate of drug-likeness (QED) is 0.670. The molecule has 138 valence electrons. The van der Waals surface area contributed by atoms with Gasteiger partial charge in [-0.2, -0.15) is 0 Å². The van der Waals surface area contributed by atoms with E-state index in [0.717, 1.165) is 52.8 Å². The van der Waals surface area contributed by atoms with Gasteiger partial charge in [-0.1, -0.05) is 48.4 Å². The maximum Gasteiger partial charge on any atom is 0.214 e. The van der Waals surface area contributed by atoms with E-state index in [9.17, 15) is 4.21 Å². The molecule has 1 saturated carbocycles. The summed E-state index contributed by atoms with van der Waals surface area (Å²) in [6, 6.07) is 8.00. The largest absolute Gasteiger partial charge is 0.357 e. The summed E-state index contributed by atoms with van der Waals surface area (Å²) in [5, 5.41) is 10.1. The zero-order valence-corrected chi connectivity index (χ0v) is 16.9. The Morgan fingerprint density at radius 2 is 2.15 bits per heavy atom. The van der Waals surface area contributed by atoms with Crippen LogP contribution in [0.5, 0.6) is 0 Å². The van der Waals surface area contributed by atoms with Gasteiger partial charge in [-0.25, -0.2) is 9.50 Å². The first-order chi connectivity index (χ1) is 12.6. The molecule has 8 heteroatoms. The van der Waals surface area contributed by atoms with E-state index in [1.807, 2.05) is 41.9 Å². The summed E-state index contributed by atoms with van der Waals surface area (Å²) in [6.07, 6.45) is 6.20. The molecule has 2 aromatic heterocycles. The van der Waals surface area contributed by atoms with Crippen LogP contribution in [-0.4, -0.2) is 35.9 Å². The molecule has 3 unspecified atom stereocenters. The Kier molecular flexibility index (Phi) is 5.29. The van der Waals surface area contributed by atoms with E-state index in [1.54, 1.807) is 11.3 Å². The van der Waals surface area contributed by atoms with E-state index >= 15 is 0 Å². The van der Waals surface area contributed by atoms with Crippen molar-refractivity contribution in [2.24, 2.45) is 0 Å². The summed E-state index contributed by atoms with van der Waals surface area (Å²) in [4.78, 5) is 5.53. The average Bonchev–Trinajstić information content (AvgIpc) is 3.20. The van der Waals surface area contributed by atoms with E-state index in [2.05, 4.69) is 15.4 Å². The van der Waals surface area contributed by atoms with E-state index in [1.165, 1.54) is 0 Å². The predicted molar refractivity (Wildman–Crippen MR) is 110 cm³/mol. The van der Waals surface area contributed by atoms with E-state index in [4.69, 9.17) is 11.6 Å². The molecule has 1 aromatic carbocycles. The van der Waals surface area contributed by atoms with Crippen molar-refractivity contribution in [3.05, 3.63) is 35.5 Å². The van der Waals surface area contributed by atoms with Gasteiger partial charge in [0.1, 0.15) is 0 Å². The number of nitrogens with one attached hydrogen (secondary N) is 1. The monoisotopic (exact) mass is 408 g/mol. The van der Waals surface area contributed by atoms with Crippen molar-refractivity contribution in [2.45, 2.75) is 43.9 Å². The number of rotatable bonds is 5. The molecular formula is C18H21ClN4OS2. The number of aromatic nitrogens is 3. The molecule has 0 spiro atoms. The van der Waals surface area contributed by atoms with Crippen molar-refractivity contribution in [3.8, 4) is 11.3 Å². The van der Waals surface area contributed by atoms with Gasteiger partial charge in [0, 0.05) is 38.4 Å². The fourth-order valence-corrected chi connectivity index (χ4v) is 5.78. The zero-order chi connectivity index (χ0) is 18.1. The Morgan fingerprint density at radius 3 is 2.88 bits per heavy atom. The molecule has 26 heavy (non-hydrogen) atoms. The van der Waals surface area contributed by atoms with Gasteiger partial charge >= 0.3 is 0 Å². The Hall–Kier alpha value is -1.44. The van der Waals surface area contributed by atoms with Crippen LogP contribution in [0.2, 0.25) is 5.02 Å². The van der Waals surface area contributed by atoms with Crippen molar-refractivity contribution < 1.29 is 4.21 Å². The van der Waals surface area contributed by atoms with Crippen LogP contribution in [0.3, 0.4) is 0 Å². The molecule has 5 nitrogen and oxygen atoms in total. The number of hydrogen-bond donors (Lipinski definition) is 1. The minimum Gasteiger partial charge on any atom is -0.357 e. The standard InChI is InChI=1S/C18H21ClN4OS2/c1-2-26(24)15-5-3-4-14(10-15)20-17-22-23-11-16(21-18(23)25-17)12-6-8-13(19)9-7-12/h6-9,11,14-15H,2-5,10H2,1H3,(H,20,22). The van der Waals surface area contributed by atoms with Crippen molar-refractivity contribution in [1.82, 2.24) is 14.6 Å². The van der Waals surface area contributed by atoms with Gasteiger partial charge in [-0.05, 0) is 31.4 Å². The second-order valence-electron chi connectivity index (χ2n) is 6.57. The van der Waals surface area contributed by atoms with Crippen molar-refractivity contribution in [1.29, 1.82) is 0 Å². The first-order valence-electron chi connectivity index (χ1n) is 8.88. The first kappa shape index (κ1) is 17.9. The fraction of sp³-hybridized carbons (Fsp3) is 0.444. The second kappa shape index (κ2) is 7.66. The third-order valence-electron chi connectivity index (χ3n) is 4.79. The van der Waals surface area contributed by atoms with Crippen LogP contribution in [-0.2, 0) is 10.8 Å². The summed E-state index contributed by atoms with van der Waals surface area (Å²) in [7, 11) is -0.709. The van der Waals surface area contributed by atoms with Crippen LogP contribution < -0.4 is 5.32 Å². The van der Waals surface area contributed by atoms with Crippen molar-refractivity contribution in [3.63, 3.8) is 0 Å². The first-order valence-corrected chi connectivity index (χ1v) is 11.5. The molecule has 1 N–H and O–H groups in total. The topological polar surface area (TPSA) is 59.3 Å². The lowest BCUT2D eigenvalue weighted by atomic mass is 9.95. The molecule has 3 aromatic rings. The molecule has 1 aliphatic carbocycles. The highest BCUT2D eigenvalue weighted by molar-refractivity contribution is 7.85. The molecule has 0 saturated heterocycles. The molecule has 1 aliphatic rings. The Labute approximate surface area is 164 Å². The minimum absolute atomic E-state index is 0.312. The number of fused-ring (bicyclic) bond motifs is 1. The second-order valence-corrected chi connectivity index (χ2v) is 9.96. The number of anilines is 1. The van der Waals surface area contributed by atoms with Crippen LogP contribution >= 0.6 is 22.9 Å². The Bertz CT molecular complexity index is 890. The molecule has 0 amide bonds. The summed E-state index contributed by atoms with van der Waals surface area (Å²) >= 11 is 7.50. The maximum atomic E-state index is 12.1. The predicted octanol–water partition coefficient (Wildman–Crippen LogP) is 4.60. The van der Waals surface area contributed by atoms with E-state index in [-0.39, 0.29) is 0 Å². The van der Waals surface area contributed by atoms with E-state index in [0.29, 0.717) is 16.3 Å². The number of imidazole rings is 1. The lowest BCUT2D eigenvalue weighted by Gasteiger charge is -2.28. The molecule has 4 rings (SSSR count). The fourth-order valence-electron chi connectivity index (χ4n) is 3.44. The summed E-state index contributed by atoms with van der Waals surface area (Å²) in [5.41, 5.74) is 1.92. The lowest BCUT2D eigenvalue weighted by Crippen LogP contribution is -2.32. The van der Waals surface area contributed by atoms with E-state index < -0.39 is 10.8 Å². The van der Waals surface area contributed by atoms with Gasteiger partial charge in [0.15, 0.2) is 0 Å². The van der Waals surface area contributed by atoms with Crippen LogP contribution in [0, 0.1) is 0 Å². The molecule has 3 atom stereocenters. The molecule has 0 aliphatic heterocycles. The van der Waals surface area contributed by atoms with Crippen LogP contribution in [0.15, 0.2) is 30.5 Å². The van der Waals surface area contributed by atoms with Gasteiger partial charge in [0.05, 0.1) is 11.9 Å². The van der Waals surface area contributed by atoms with Crippen molar-refractivity contribution >= 4 is 43.8 Å². The minimum atomic E-state index is -0.709. The molecule has 0 radical (unpaired) electrons. The zero-order valence-electron chi connectivity index (χ0n) is 14.5. The molecule has 0 bridgehead atoms. The van der Waals surface area contributed by atoms with Crippen LogP contribution in [0.25, 0.3) is 16.2 Å². The number of hydrogen-bond acceptors (Lipinski definition) is 5. The normalized spacial score (nSPS) is 21.8. The highest BCUT2D eigenvalue weighted by Gasteiger charge is 2.26. The molecule has 2 heterocycles. The summed E-state index contributed by atoms with van der Waals surface area (Å²) in [6.45, 7) is 2.00. The summed E-state index contributed by atoms with van der Waals surface area (Å²) in [5.74, 6) is 0.746. The number of halogens is 1. The average molecular weight is 409 g/mol. The van der Waals surface area contributed by atoms with Crippen LogP contribution in [0.4, 0.5) is 5.13 Å². The SMILES string of the molecule is CCS(=O)C1CCCC(Nc2nn3cc(-c4ccc(Cl)cc4)nc3s2)C1. The lowest BCUT2D eigenvalue weighted by molar-refractivity contribution is 0.465. The third kappa shape index (κ3) is 3.80. The smallest absolute Gasteiger partial charge is 0.214 e. The maximum absolute atomic E-state index is 12.1. The highest BCUT2D eigenvalue weighted by atomic mass is 35.5. The Morgan fingerprint density at radius 1 is 1.35 bits per heavy atom. The van der Waals surface area contributed by atoms with Gasteiger partial charge in [0.2, 0.25) is 10.1 Å². The van der Waals surface area contributed by atoms with Gasteiger partial charge in [-0.3, -0.25) is 4.21 Å². The summed E-state index contributed by atoms with van der Waals surface area (Å²) < 4.78 is 13.9. The van der Waals surface area contributed by atoms with Gasteiger partial charge < -0.3 is 5.32 Å². The number of nitrogens with zero attached hydrogens (tertiary/aromatic N) is 3. The van der Waals surface area contributed by atoms with Gasteiger partial charge in [0.25, 0.3) is 0 Å². The highest BCUT2D eigenvalue weighted by Crippen LogP contribution is 2.29. The number of benzene rings is 1. The molecule has 1 fully saturated rings. The Balaban J connectivity index is 1.47. The third-order valence-corrected chi connectivity index (χ3v) is 7.64. The van der Waals surface area contributed by atoms with Crippen LogP contribution in [0.1, 0.15) is 32.6 Å². The van der Waals surface area contributed by atoms with Gasteiger partial charge in [-0.15, -0.1) is 5.10 Å². The van der Waals surface area contributed by atoms with Crippen molar-refractivity contribution in [2.75, 3.05) is 11.1 Å². The molecular weight excluding hydrogens is 388 g/mol.